The SMILES string of the molecule is CN(Cl)C(=O)OS(=O)(=O)C(F)F. The summed E-state index contributed by atoms with van der Waals surface area (Å²) in [5.74, 6) is -3.77. The maximum absolute atomic E-state index is 11.5. The van der Waals surface area contributed by atoms with Gasteiger partial charge < -0.3 is 4.18 Å². The summed E-state index contributed by atoms with van der Waals surface area (Å²) in [5.41, 5.74) is 0. The molecule has 0 N–H and O–H groups in total. The monoisotopic (exact) mass is 223 g/mol. The molecule has 0 saturated carbocycles. The Morgan fingerprint density at radius 2 is 2.00 bits per heavy atom. The molecular formula is C3H4ClF2NO4S. The lowest BCUT2D eigenvalue weighted by molar-refractivity contribution is 0.170. The summed E-state index contributed by atoms with van der Waals surface area (Å²) in [6.45, 7) is 0. The van der Waals surface area contributed by atoms with Crippen molar-refractivity contribution in [3.05, 3.63) is 0 Å². The standard InChI is InChI=1S/C3H4ClF2NO4S/c1-7(4)3(8)11-12(9,10)2(5)6/h2H,1H3. The van der Waals surface area contributed by atoms with E-state index in [0.717, 1.165) is 7.05 Å². The van der Waals surface area contributed by atoms with E-state index in [1.54, 1.807) is 0 Å². The van der Waals surface area contributed by atoms with E-state index in [2.05, 4.69) is 4.18 Å². The Balaban J connectivity index is 4.38. The van der Waals surface area contributed by atoms with Crippen molar-refractivity contribution in [3.8, 4) is 0 Å². The van der Waals surface area contributed by atoms with Crippen molar-refractivity contribution < 1.29 is 26.2 Å². The molecule has 12 heavy (non-hydrogen) atoms. The molecular weight excluding hydrogens is 220 g/mol. The van der Waals surface area contributed by atoms with Crippen LogP contribution < -0.4 is 0 Å². The highest BCUT2D eigenvalue weighted by atomic mass is 35.5. The molecule has 0 heterocycles. The van der Waals surface area contributed by atoms with Gasteiger partial charge >= 0.3 is 22.0 Å². The number of hydrogen-bond acceptors (Lipinski definition) is 4. The molecule has 0 fully saturated rings. The van der Waals surface area contributed by atoms with Gasteiger partial charge in [-0.15, -0.1) is 0 Å². The molecule has 0 aliphatic carbocycles. The van der Waals surface area contributed by atoms with Crippen molar-refractivity contribution >= 4 is 28.0 Å². The van der Waals surface area contributed by atoms with E-state index >= 15 is 0 Å². The van der Waals surface area contributed by atoms with E-state index in [1.165, 1.54) is 0 Å². The second kappa shape index (κ2) is 3.85. The zero-order chi connectivity index (χ0) is 9.94. The van der Waals surface area contributed by atoms with Crippen LogP contribution in [-0.4, -0.2) is 31.7 Å². The number of hydrogen-bond donors (Lipinski definition) is 0. The molecule has 1 amide bonds. The molecule has 0 saturated heterocycles. The predicted molar refractivity (Wildman–Crippen MR) is 35.0 cm³/mol. The number of carbonyl (C=O) groups excluding carboxylic acids is 1. The van der Waals surface area contributed by atoms with Gasteiger partial charge in [-0.2, -0.15) is 17.2 Å². The molecule has 9 heteroatoms. The van der Waals surface area contributed by atoms with Gasteiger partial charge in [0.15, 0.2) is 0 Å². The molecule has 0 rings (SSSR count). The Hall–Kier alpha value is -0.630. The fraction of sp³-hybridized carbons (Fsp3) is 0.667. The van der Waals surface area contributed by atoms with Gasteiger partial charge in [0.25, 0.3) is 0 Å². The van der Waals surface area contributed by atoms with Crippen molar-refractivity contribution in [2.45, 2.75) is 5.76 Å². The van der Waals surface area contributed by atoms with Gasteiger partial charge in [-0.25, -0.2) is 9.21 Å². The van der Waals surface area contributed by atoms with Gasteiger partial charge in [-0.1, -0.05) is 0 Å². The summed E-state index contributed by atoms with van der Waals surface area (Å²) in [6.07, 6.45) is -1.59. The Morgan fingerprint density at radius 1 is 1.58 bits per heavy atom. The van der Waals surface area contributed by atoms with Crippen LogP contribution in [0.3, 0.4) is 0 Å². The first kappa shape index (κ1) is 11.4. The molecule has 0 spiro atoms. The first-order chi connectivity index (χ1) is 5.27. The average Bonchev–Trinajstić information content (AvgIpc) is 1.85. The summed E-state index contributed by atoms with van der Waals surface area (Å²) in [4.78, 5) is 10.3. The van der Waals surface area contributed by atoms with Crippen LogP contribution >= 0.6 is 11.8 Å². The third kappa shape index (κ3) is 3.18. The number of nitrogens with zero attached hydrogens (tertiary/aromatic N) is 1. The summed E-state index contributed by atoms with van der Waals surface area (Å²) in [7, 11) is -4.22. The Morgan fingerprint density at radius 3 is 2.25 bits per heavy atom. The molecule has 0 atom stereocenters. The first-order valence-corrected chi connectivity index (χ1v) is 4.23. The van der Waals surface area contributed by atoms with E-state index in [-0.39, 0.29) is 4.42 Å². The number of carbonyl (C=O) groups is 1. The van der Waals surface area contributed by atoms with Crippen LogP contribution in [0.2, 0.25) is 0 Å². The number of rotatable bonds is 2. The minimum absolute atomic E-state index is 0.194. The van der Waals surface area contributed by atoms with E-state index in [1.807, 2.05) is 0 Å². The highest BCUT2D eigenvalue weighted by Crippen LogP contribution is 2.09. The molecule has 0 aromatic heterocycles. The van der Waals surface area contributed by atoms with Crippen LogP contribution in [0.5, 0.6) is 0 Å². The lowest BCUT2D eigenvalue weighted by Gasteiger charge is -2.07. The molecule has 0 aliphatic rings. The van der Waals surface area contributed by atoms with Crippen molar-refractivity contribution in [2.24, 2.45) is 0 Å². The van der Waals surface area contributed by atoms with Gasteiger partial charge in [0, 0.05) is 18.8 Å². The molecule has 0 aromatic carbocycles. The molecule has 0 unspecified atom stereocenters. The molecule has 0 aromatic rings. The molecule has 5 nitrogen and oxygen atoms in total. The van der Waals surface area contributed by atoms with E-state index in [4.69, 9.17) is 11.8 Å². The van der Waals surface area contributed by atoms with Crippen LogP contribution in [-0.2, 0) is 14.3 Å². The van der Waals surface area contributed by atoms with Crippen LogP contribution in [0.1, 0.15) is 0 Å². The Bertz CT molecular complexity index is 263. The smallest absolute Gasteiger partial charge is 0.323 e. The fourth-order valence-electron chi connectivity index (χ4n) is 0.187. The lowest BCUT2D eigenvalue weighted by Crippen LogP contribution is -2.25. The highest BCUT2D eigenvalue weighted by Gasteiger charge is 2.29. The molecule has 0 bridgehead atoms. The van der Waals surface area contributed by atoms with E-state index in [0.29, 0.717) is 0 Å². The minimum Gasteiger partial charge on any atom is -0.323 e. The second-order valence-corrected chi connectivity index (χ2v) is 3.60. The Labute approximate surface area is 72.1 Å². The zero-order valence-corrected chi connectivity index (χ0v) is 7.27. The van der Waals surface area contributed by atoms with Crippen molar-refractivity contribution in [1.29, 1.82) is 0 Å². The van der Waals surface area contributed by atoms with Crippen LogP contribution in [0.15, 0.2) is 0 Å². The molecule has 0 aliphatic heterocycles. The summed E-state index contributed by atoms with van der Waals surface area (Å²) in [6, 6.07) is 0. The zero-order valence-electron chi connectivity index (χ0n) is 5.70. The first-order valence-electron chi connectivity index (χ1n) is 2.42. The van der Waals surface area contributed by atoms with Crippen LogP contribution in [0, 0.1) is 0 Å². The third-order valence-corrected chi connectivity index (χ3v) is 1.61. The fourth-order valence-corrected chi connectivity index (χ4v) is 0.646. The van der Waals surface area contributed by atoms with Crippen LogP contribution in [0.4, 0.5) is 13.6 Å². The predicted octanol–water partition coefficient (Wildman–Crippen LogP) is 0.761. The number of alkyl halides is 2. The third-order valence-electron chi connectivity index (χ3n) is 0.657. The van der Waals surface area contributed by atoms with Crippen molar-refractivity contribution in [2.75, 3.05) is 7.05 Å². The largest absolute Gasteiger partial charge is 0.440 e. The minimum atomic E-state index is -5.15. The van der Waals surface area contributed by atoms with Gasteiger partial charge in [0.05, 0.1) is 0 Å². The topological polar surface area (TPSA) is 63.7 Å². The maximum Gasteiger partial charge on any atom is 0.440 e. The van der Waals surface area contributed by atoms with Crippen LogP contribution in [0.25, 0.3) is 0 Å². The van der Waals surface area contributed by atoms with Gasteiger partial charge in [0.2, 0.25) is 0 Å². The maximum atomic E-state index is 11.5. The van der Waals surface area contributed by atoms with Gasteiger partial charge in [-0.05, 0) is 0 Å². The van der Waals surface area contributed by atoms with Gasteiger partial charge in [-0.3, -0.25) is 0 Å². The summed E-state index contributed by atoms with van der Waals surface area (Å²) < 4.78 is 46.9. The second-order valence-electron chi connectivity index (χ2n) is 1.58. The average molecular weight is 224 g/mol. The highest BCUT2D eigenvalue weighted by molar-refractivity contribution is 7.87. The molecule has 72 valence electrons. The number of halogens is 3. The van der Waals surface area contributed by atoms with E-state index < -0.39 is 22.0 Å². The summed E-state index contributed by atoms with van der Waals surface area (Å²) >= 11 is 4.89. The number of amides is 1. The van der Waals surface area contributed by atoms with Gasteiger partial charge in [0.1, 0.15) is 0 Å². The van der Waals surface area contributed by atoms with E-state index in [9.17, 15) is 22.0 Å². The van der Waals surface area contributed by atoms with Crippen molar-refractivity contribution in [1.82, 2.24) is 4.42 Å². The van der Waals surface area contributed by atoms with Crippen molar-refractivity contribution in [3.63, 3.8) is 0 Å². The quantitative estimate of drug-likeness (QED) is 0.512. The lowest BCUT2D eigenvalue weighted by atomic mass is 11.1. The Kier molecular flexibility index (Phi) is 3.65. The normalized spacial score (nSPS) is 11.4. The summed E-state index contributed by atoms with van der Waals surface area (Å²) in [5, 5.41) is 0. The molecule has 0 radical (unpaired) electrons.